The summed E-state index contributed by atoms with van der Waals surface area (Å²) in [6, 6.07) is 4.78. The van der Waals surface area contributed by atoms with Crippen molar-refractivity contribution in [3.8, 4) is 5.75 Å². The van der Waals surface area contributed by atoms with Crippen molar-refractivity contribution >= 4 is 23.2 Å². The summed E-state index contributed by atoms with van der Waals surface area (Å²) in [6.45, 7) is 0. The number of methoxy groups -OCH3 is 1. The topological polar surface area (TPSA) is 48.4 Å². The zero-order valence-electron chi connectivity index (χ0n) is 9.11. The van der Waals surface area contributed by atoms with Crippen molar-refractivity contribution in [3.63, 3.8) is 0 Å². The van der Waals surface area contributed by atoms with Crippen LogP contribution in [0.3, 0.4) is 0 Å². The van der Waals surface area contributed by atoms with Crippen LogP contribution < -0.4 is 10.5 Å². The van der Waals surface area contributed by atoms with E-state index in [1.807, 2.05) is 0 Å². The number of ether oxygens (including phenoxy) is 1. The molecule has 0 fully saturated rings. The molecule has 1 unspecified atom stereocenters. The molecular weight excluding hydrogens is 261 g/mol. The van der Waals surface area contributed by atoms with E-state index in [4.69, 9.17) is 38.1 Å². The van der Waals surface area contributed by atoms with Crippen LogP contribution in [0, 0.1) is 0 Å². The molecule has 0 aliphatic heterocycles. The molecule has 0 bridgehead atoms. The van der Waals surface area contributed by atoms with Gasteiger partial charge in [-0.15, -0.1) is 0 Å². The lowest BCUT2D eigenvalue weighted by molar-refractivity contribution is 0.415. The Balaban J connectivity index is 2.42. The SMILES string of the molecule is COc1cc(Cl)c(C(N)c2ccoc2)cc1Cl. The van der Waals surface area contributed by atoms with E-state index in [-0.39, 0.29) is 6.04 Å². The van der Waals surface area contributed by atoms with Gasteiger partial charge in [-0.05, 0) is 17.7 Å². The number of hydrogen-bond donors (Lipinski definition) is 1. The van der Waals surface area contributed by atoms with Crippen LogP contribution in [-0.4, -0.2) is 7.11 Å². The number of rotatable bonds is 3. The number of nitrogens with two attached hydrogens (primary N) is 1. The van der Waals surface area contributed by atoms with E-state index in [1.54, 1.807) is 30.7 Å². The van der Waals surface area contributed by atoms with Crippen LogP contribution in [0.5, 0.6) is 5.75 Å². The van der Waals surface area contributed by atoms with Crippen LogP contribution in [0.4, 0.5) is 0 Å². The van der Waals surface area contributed by atoms with Crippen molar-refractivity contribution in [2.45, 2.75) is 6.04 Å². The first-order valence-corrected chi connectivity index (χ1v) is 5.69. The van der Waals surface area contributed by atoms with Crippen LogP contribution >= 0.6 is 23.2 Å². The van der Waals surface area contributed by atoms with Gasteiger partial charge in [-0.1, -0.05) is 23.2 Å². The first-order chi connectivity index (χ1) is 8.13. The molecule has 0 aliphatic carbocycles. The fraction of sp³-hybridized carbons (Fsp3) is 0.167. The maximum absolute atomic E-state index is 6.14. The van der Waals surface area contributed by atoms with Crippen molar-refractivity contribution < 1.29 is 9.15 Å². The van der Waals surface area contributed by atoms with Gasteiger partial charge in [0.1, 0.15) is 5.75 Å². The normalized spacial score (nSPS) is 12.5. The minimum Gasteiger partial charge on any atom is -0.495 e. The van der Waals surface area contributed by atoms with Crippen LogP contribution in [0.25, 0.3) is 0 Å². The van der Waals surface area contributed by atoms with Gasteiger partial charge in [-0.3, -0.25) is 0 Å². The summed E-state index contributed by atoms with van der Waals surface area (Å²) in [4.78, 5) is 0. The van der Waals surface area contributed by atoms with Crippen LogP contribution in [-0.2, 0) is 0 Å². The van der Waals surface area contributed by atoms with E-state index in [9.17, 15) is 0 Å². The molecule has 0 amide bonds. The largest absolute Gasteiger partial charge is 0.495 e. The smallest absolute Gasteiger partial charge is 0.138 e. The van der Waals surface area contributed by atoms with E-state index in [1.165, 1.54) is 7.11 Å². The molecule has 0 saturated heterocycles. The van der Waals surface area contributed by atoms with Gasteiger partial charge in [0.25, 0.3) is 0 Å². The molecule has 2 rings (SSSR count). The second-order valence-electron chi connectivity index (χ2n) is 3.54. The maximum atomic E-state index is 6.14. The Labute approximate surface area is 109 Å². The second-order valence-corrected chi connectivity index (χ2v) is 4.36. The summed E-state index contributed by atoms with van der Waals surface area (Å²) in [6.07, 6.45) is 3.15. The maximum Gasteiger partial charge on any atom is 0.138 e. The molecule has 90 valence electrons. The third kappa shape index (κ3) is 2.41. The summed E-state index contributed by atoms with van der Waals surface area (Å²) in [7, 11) is 1.53. The van der Waals surface area contributed by atoms with E-state index in [2.05, 4.69) is 0 Å². The molecule has 1 aromatic carbocycles. The third-order valence-electron chi connectivity index (χ3n) is 2.51. The molecule has 17 heavy (non-hydrogen) atoms. The number of halogens is 2. The minimum atomic E-state index is -0.371. The molecule has 1 aromatic heterocycles. The monoisotopic (exact) mass is 271 g/mol. The van der Waals surface area contributed by atoms with Gasteiger partial charge < -0.3 is 14.9 Å². The first kappa shape index (κ1) is 12.3. The van der Waals surface area contributed by atoms with Gasteiger partial charge >= 0.3 is 0 Å². The third-order valence-corrected chi connectivity index (χ3v) is 3.13. The molecule has 0 aliphatic rings. The van der Waals surface area contributed by atoms with Gasteiger partial charge in [-0.25, -0.2) is 0 Å². The summed E-state index contributed by atoms with van der Waals surface area (Å²) in [5.41, 5.74) is 7.65. The van der Waals surface area contributed by atoms with Gasteiger partial charge in [0.05, 0.1) is 30.7 Å². The average Bonchev–Trinajstić information content (AvgIpc) is 2.84. The minimum absolute atomic E-state index is 0.371. The quantitative estimate of drug-likeness (QED) is 0.927. The highest BCUT2D eigenvalue weighted by atomic mass is 35.5. The first-order valence-electron chi connectivity index (χ1n) is 4.94. The van der Waals surface area contributed by atoms with Crippen molar-refractivity contribution in [1.29, 1.82) is 0 Å². The van der Waals surface area contributed by atoms with Crippen LogP contribution in [0.15, 0.2) is 35.1 Å². The highest BCUT2D eigenvalue weighted by Crippen LogP contribution is 2.35. The highest BCUT2D eigenvalue weighted by Gasteiger charge is 2.16. The zero-order chi connectivity index (χ0) is 12.4. The average molecular weight is 272 g/mol. The lowest BCUT2D eigenvalue weighted by Crippen LogP contribution is -2.11. The number of furan rings is 1. The molecule has 5 heteroatoms. The fourth-order valence-corrected chi connectivity index (χ4v) is 2.09. The van der Waals surface area contributed by atoms with Gasteiger partial charge in [-0.2, -0.15) is 0 Å². The van der Waals surface area contributed by atoms with E-state index < -0.39 is 0 Å². The number of hydrogen-bond acceptors (Lipinski definition) is 3. The van der Waals surface area contributed by atoms with Crippen molar-refractivity contribution in [2.75, 3.05) is 7.11 Å². The van der Waals surface area contributed by atoms with Crippen molar-refractivity contribution in [3.05, 3.63) is 51.9 Å². The number of benzene rings is 1. The summed E-state index contributed by atoms with van der Waals surface area (Å²) in [5, 5.41) is 0.991. The molecule has 1 atom stereocenters. The molecule has 0 radical (unpaired) electrons. The Bertz CT molecular complexity index is 511. The molecule has 0 saturated carbocycles. The fourth-order valence-electron chi connectivity index (χ4n) is 1.57. The van der Waals surface area contributed by atoms with Crippen LogP contribution in [0.2, 0.25) is 10.0 Å². The lowest BCUT2D eigenvalue weighted by atomic mass is 10.0. The van der Waals surface area contributed by atoms with Crippen molar-refractivity contribution in [2.24, 2.45) is 5.73 Å². The predicted molar refractivity (Wildman–Crippen MR) is 67.8 cm³/mol. The Kier molecular flexibility index (Phi) is 3.62. The Morgan fingerprint density at radius 2 is 2.06 bits per heavy atom. The van der Waals surface area contributed by atoms with Crippen molar-refractivity contribution in [1.82, 2.24) is 0 Å². The molecule has 3 nitrogen and oxygen atoms in total. The lowest BCUT2D eigenvalue weighted by Gasteiger charge is -2.14. The molecule has 2 aromatic rings. The summed E-state index contributed by atoms with van der Waals surface area (Å²) >= 11 is 12.2. The second kappa shape index (κ2) is 5.00. The van der Waals surface area contributed by atoms with E-state index >= 15 is 0 Å². The van der Waals surface area contributed by atoms with Gasteiger partial charge in [0.15, 0.2) is 0 Å². The molecule has 0 spiro atoms. The molecule has 2 N–H and O–H groups in total. The molecule has 1 heterocycles. The predicted octanol–water partition coefficient (Wildman–Crippen LogP) is 3.64. The Morgan fingerprint density at radius 3 is 2.65 bits per heavy atom. The zero-order valence-corrected chi connectivity index (χ0v) is 10.6. The van der Waals surface area contributed by atoms with Crippen LogP contribution in [0.1, 0.15) is 17.2 Å². The van der Waals surface area contributed by atoms with E-state index in [0.717, 1.165) is 11.1 Å². The Hall–Kier alpha value is -1.16. The van der Waals surface area contributed by atoms with Gasteiger partial charge in [0, 0.05) is 16.7 Å². The Morgan fingerprint density at radius 1 is 1.29 bits per heavy atom. The van der Waals surface area contributed by atoms with E-state index in [0.29, 0.717) is 15.8 Å². The summed E-state index contributed by atoms with van der Waals surface area (Å²) in [5.74, 6) is 0.528. The molecular formula is C12H11Cl2NO2. The summed E-state index contributed by atoms with van der Waals surface area (Å²) < 4.78 is 10.1. The standard InChI is InChI=1S/C12H11Cl2NO2/c1-16-11-5-9(13)8(4-10(11)14)12(15)7-2-3-17-6-7/h2-6,12H,15H2,1H3. The van der Waals surface area contributed by atoms with Gasteiger partial charge in [0.2, 0.25) is 0 Å². The highest BCUT2D eigenvalue weighted by molar-refractivity contribution is 6.34.